The summed E-state index contributed by atoms with van der Waals surface area (Å²) in [6.45, 7) is 0.107. The Bertz CT molecular complexity index is 478. The molecule has 1 aliphatic rings. The van der Waals surface area contributed by atoms with Crippen molar-refractivity contribution in [3.05, 3.63) is 28.3 Å². The summed E-state index contributed by atoms with van der Waals surface area (Å²) in [5.41, 5.74) is 0.414. The smallest absolute Gasteiger partial charge is 0.333 e. The molecule has 6 heteroatoms. The minimum absolute atomic E-state index is 0.0442. The lowest BCUT2D eigenvalue weighted by molar-refractivity contribution is -0.384. The standard InChI is InChI=1S/C14H20N2O4/c1-20-13-8-4-7-12(14(13)16(18)19)15-11-6-3-2-5-10(11)9-17/h4,7-8,10-11,15,17H,2-3,5-6,9H2,1H3. The molecule has 6 nitrogen and oxygen atoms in total. The number of hydrogen-bond donors (Lipinski definition) is 2. The van der Waals surface area contributed by atoms with E-state index in [0.29, 0.717) is 5.69 Å². The van der Waals surface area contributed by atoms with Crippen molar-refractivity contribution in [1.82, 2.24) is 0 Å². The monoisotopic (exact) mass is 280 g/mol. The summed E-state index contributed by atoms with van der Waals surface area (Å²) in [5, 5.41) is 23.9. The molecule has 2 unspecified atom stereocenters. The normalized spacial score (nSPS) is 22.3. The highest BCUT2D eigenvalue weighted by molar-refractivity contribution is 5.68. The molecular weight excluding hydrogens is 260 g/mol. The van der Waals surface area contributed by atoms with Gasteiger partial charge in [0.1, 0.15) is 5.69 Å². The maximum atomic E-state index is 11.2. The van der Waals surface area contributed by atoms with Crippen LogP contribution in [-0.4, -0.2) is 29.8 Å². The van der Waals surface area contributed by atoms with Crippen LogP contribution in [0.3, 0.4) is 0 Å². The maximum Gasteiger partial charge on any atom is 0.333 e. The molecule has 110 valence electrons. The summed E-state index contributed by atoms with van der Waals surface area (Å²) < 4.78 is 5.06. The van der Waals surface area contributed by atoms with Crippen LogP contribution in [0.15, 0.2) is 18.2 Å². The number of nitro benzene ring substituents is 1. The number of para-hydroxylation sites is 1. The average Bonchev–Trinajstić information content (AvgIpc) is 2.47. The predicted molar refractivity (Wildman–Crippen MR) is 76.1 cm³/mol. The lowest BCUT2D eigenvalue weighted by atomic mass is 9.85. The first-order chi connectivity index (χ1) is 9.67. The largest absolute Gasteiger partial charge is 0.490 e. The van der Waals surface area contributed by atoms with E-state index in [-0.39, 0.29) is 30.0 Å². The van der Waals surface area contributed by atoms with Gasteiger partial charge in [-0.15, -0.1) is 0 Å². The van der Waals surface area contributed by atoms with Gasteiger partial charge in [0.05, 0.1) is 12.0 Å². The van der Waals surface area contributed by atoms with Crippen LogP contribution in [0.2, 0.25) is 0 Å². The number of nitrogens with zero attached hydrogens (tertiary/aromatic N) is 1. The third-order valence-electron chi connectivity index (χ3n) is 3.89. The minimum atomic E-state index is -0.433. The molecular formula is C14H20N2O4. The molecule has 2 rings (SSSR count). The van der Waals surface area contributed by atoms with E-state index >= 15 is 0 Å². The van der Waals surface area contributed by atoms with Crippen molar-refractivity contribution in [1.29, 1.82) is 0 Å². The Kier molecular flexibility index (Phi) is 4.79. The molecule has 0 radical (unpaired) electrons. The van der Waals surface area contributed by atoms with Crippen LogP contribution in [0.25, 0.3) is 0 Å². The number of rotatable bonds is 5. The van der Waals surface area contributed by atoms with Gasteiger partial charge in [0.25, 0.3) is 0 Å². The van der Waals surface area contributed by atoms with Crippen LogP contribution in [0, 0.1) is 16.0 Å². The van der Waals surface area contributed by atoms with Gasteiger partial charge >= 0.3 is 5.69 Å². The Hall–Kier alpha value is -1.82. The molecule has 0 amide bonds. The maximum absolute atomic E-state index is 11.2. The van der Waals surface area contributed by atoms with Crippen LogP contribution in [-0.2, 0) is 0 Å². The zero-order valence-electron chi connectivity index (χ0n) is 11.5. The Labute approximate surface area is 117 Å². The third kappa shape index (κ3) is 3.01. The molecule has 1 saturated carbocycles. The first kappa shape index (κ1) is 14.6. The van der Waals surface area contributed by atoms with Gasteiger partial charge in [-0.25, -0.2) is 0 Å². The fourth-order valence-electron chi connectivity index (χ4n) is 2.81. The van der Waals surface area contributed by atoms with Gasteiger partial charge in [-0.2, -0.15) is 0 Å². The number of benzene rings is 1. The second-order valence-electron chi connectivity index (χ2n) is 5.09. The van der Waals surface area contributed by atoms with Gasteiger partial charge in [0.15, 0.2) is 5.75 Å². The van der Waals surface area contributed by atoms with Crippen molar-refractivity contribution in [2.45, 2.75) is 31.7 Å². The molecule has 1 aliphatic carbocycles. The molecule has 2 N–H and O–H groups in total. The van der Waals surface area contributed by atoms with Crippen LogP contribution in [0.5, 0.6) is 5.75 Å². The average molecular weight is 280 g/mol. The van der Waals surface area contributed by atoms with E-state index in [1.807, 2.05) is 0 Å². The number of nitrogens with one attached hydrogen (secondary N) is 1. The van der Waals surface area contributed by atoms with Gasteiger partial charge in [-0.05, 0) is 25.0 Å². The number of ether oxygens (including phenoxy) is 1. The zero-order chi connectivity index (χ0) is 14.5. The first-order valence-corrected chi connectivity index (χ1v) is 6.86. The zero-order valence-corrected chi connectivity index (χ0v) is 11.5. The van der Waals surface area contributed by atoms with Crippen molar-refractivity contribution >= 4 is 11.4 Å². The molecule has 1 aromatic rings. The van der Waals surface area contributed by atoms with Crippen LogP contribution < -0.4 is 10.1 Å². The highest BCUT2D eigenvalue weighted by Crippen LogP contribution is 2.36. The lowest BCUT2D eigenvalue weighted by Crippen LogP contribution is -2.34. The van der Waals surface area contributed by atoms with E-state index in [4.69, 9.17) is 4.74 Å². The summed E-state index contributed by atoms with van der Waals surface area (Å²) in [6.07, 6.45) is 4.04. The quantitative estimate of drug-likeness (QED) is 0.639. The molecule has 2 atom stereocenters. The van der Waals surface area contributed by atoms with E-state index in [1.54, 1.807) is 18.2 Å². The highest BCUT2D eigenvalue weighted by Gasteiger charge is 2.28. The van der Waals surface area contributed by atoms with Crippen molar-refractivity contribution in [3.63, 3.8) is 0 Å². The highest BCUT2D eigenvalue weighted by atomic mass is 16.6. The van der Waals surface area contributed by atoms with Gasteiger partial charge < -0.3 is 15.2 Å². The van der Waals surface area contributed by atoms with Crippen LogP contribution in [0.1, 0.15) is 25.7 Å². The molecule has 0 aromatic heterocycles. The van der Waals surface area contributed by atoms with E-state index < -0.39 is 4.92 Å². The fraction of sp³-hybridized carbons (Fsp3) is 0.571. The second-order valence-corrected chi connectivity index (χ2v) is 5.09. The van der Waals surface area contributed by atoms with Gasteiger partial charge in [0, 0.05) is 18.6 Å². The number of hydrogen-bond acceptors (Lipinski definition) is 5. The summed E-state index contributed by atoms with van der Waals surface area (Å²) in [7, 11) is 1.42. The number of aliphatic hydroxyl groups is 1. The van der Waals surface area contributed by atoms with Gasteiger partial charge in [0.2, 0.25) is 0 Å². The summed E-state index contributed by atoms with van der Waals surface area (Å²) in [5.74, 6) is 0.394. The second kappa shape index (κ2) is 6.56. The van der Waals surface area contributed by atoms with E-state index in [0.717, 1.165) is 25.7 Å². The van der Waals surface area contributed by atoms with Crippen molar-refractivity contribution in [2.24, 2.45) is 5.92 Å². The molecule has 1 fully saturated rings. The van der Waals surface area contributed by atoms with Crippen molar-refractivity contribution in [2.75, 3.05) is 19.0 Å². The van der Waals surface area contributed by atoms with E-state index in [9.17, 15) is 15.2 Å². The summed E-state index contributed by atoms with van der Waals surface area (Å²) in [6, 6.07) is 5.06. The fourth-order valence-corrected chi connectivity index (χ4v) is 2.81. The van der Waals surface area contributed by atoms with Gasteiger partial charge in [-0.1, -0.05) is 18.9 Å². The molecule has 1 aromatic carbocycles. The Morgan fingerprint density at radius 1 is 1.45 bits per heavy atom. The van der Waals surface area contributed by atoms with E-state index in [2.05, 4.69) is 5.32 Å². The van der Waals surface area contributed by atoms with Crippen LogP contribution >= 0.6 is 0 Å². The predicted octanol–water partition coefficient (Wildman–Crippen LogP) is 2.57. The SMILES string of the molecule is COc1cccc(NC2CCCCC2CO)c1[N+](=O)[O-]. The molecule has 0 bridgehead atoms. The number of methoxy groups -OCH3 is 1. The summed E-state index contributed by atoms with van der Waals surface area (Å²) >= 11 is 0. The molecule has 0 aliphatic heterocycles. The number of anilines is 1. The molecule has 0 heterocycles. The molecule has 20 heavy (non-hydrogen) atoms. The number of aliphatic hydroxyl groups excluding tert-OH is 1. The lowest BCUT2D eigenvalue weighted by Gasteiger charge is -2.31. The van der Waals surface area contributed by atoms with E-state index in [1.165, 1.54) is 7.11 Å². The topological polar surface area (TPSA) is 84.6 Å². The minimum Gasteiger partial charge on any atom is -0.490 e. The summed E-state index contributed by atoms with van der Waals surface area (Å²) in [4.78, 5) is 10.8. The van der Waals surface area contributed by atoms with Gasteiger partial charge in [-0.3, -0.25) is 10.1 Å². The van der Waals surface area contributed by atoms with Crippen molar-refractivity contribution < 1.29 is 14.8 Å². The first-order valence-electron chi connectivity index (χ1n) is 6.86. The third-order valence-corrected chi connectivity index (χ3v) is 3.89. The Morgan fingerprint density at radius 3 is 2.85 bits per heavy atom. The Balaban J connectivity index is 2.26. The van der Waals surface area contributed by atoms with Crippen LogP contribution in [0.4, 0.5) is 11.4 Å². The van der Waals surface area contributed by atoms with Crippen molar-refractivity contribution in [3.8, 4) is 5.75 Å². The molecule has 0 spiro atoms. The molecule has 0 saturated heterocycles. The number of nitro groups is 1. The Morgan fingerprint density at radius 2 is 2.20 bits per heavy atom.